The van der Waals surface area contributed by atoms with E-state index >= 15 is 0 Å². The zero-order chi connectivity index (χ0) is 18.1. The second kappa shape index (κ2) is 7.37. The minimum absolute atomic E-state index is 0.499. The van der Waals surface area contributed by atoms with E-state index in [0.717, 1.165) is 49.3 Å². The van der Waals surface area contributed by atoms with Gasteiger partial charge in [0.25, 0.3) is 0 Å². The number of aromatic nitrogens is 4. The fourth-order valence-corrected chi connectivity index (χ4v) is 4.56. The molecule has 3 heterocycles. The van der Waals surface area contributed by atoms with Gasteiger partial charge in [0.05, 0.1) is 0 Å². The van der Waals surface area contributed by atoms with Gasteiger partial charge in [0.15, 0.2) is 0 Å². The van der Waals surface area contributed by atoms with E-state index in [0.29, 0.717) is 5.92 Å². The van der Waals surface area contributed by atoms with Gasteiger partial charge in [-0.05, 0) is 51.9 Å². The summed E-state index contributed by atoms with van der Waals surface area (Å²) >= 11 is 0. The number of anilines is 1. The van der Waals surface area contributed by atoms with Crippen LogP contribution in [0.15, 0.2) is 12.4 Å². The van der Waals surface area contributed by atoms with Crippen LogP contribution in [-0.2, 0) is 13.0 Å². The first-order valence-corrected chi connectivity index (χ1v) is 10.3. The van der Waals surface area contributed by atoms with Gasteiger partial charge in [0.1, 0.15) is 17.5 Å². The van der Waals surface area contributed by atoms with Gasteiger partial charge < -0.3 is 9.47 Å². The molecule has 1 atom stereocenters. The summed E-state index contributed by atoms with van der Waals surface area (Å²) in [6.07, 6.45) is 11.7. The summed E-state index contributed by atoms with van der Waals surface area (Å²) in [6.45, 7) is 9.58. The number of imidazole rings is 1. The Morgan fingerprint density at radius 1 is 1.12 bits per heavy atom. The highest BCUT2D eigenvalue weighted by Crippen LogP contribution is 2.33. The Labute approximate surface area is 156 Å². The molecule has 2 aliphatic rings. The van der Waals surface area contributed by atoms with Gasteiger partial charge >= 0.3 is 0 Å². The Kier molecular flexibility index (Phi) is 4.96. The molecular formula is C21H31N5. The maximum Gasteiger partial charge on any atom is 0.135 e. The summed E-state index contributed by atoms with van der Waals surface area (Å²) in [6, 6.07) is 0. The first kappa shape index (κ1) is 17.5. The Bertz CT molecular complexity index is 762. The molecule has 5 heteroatoms. The monoisotopic (exact) mass is 353 g/mol. The van der Waals surface area contributed by atoms with Crippen molar-refractivity contribution in [2.24, 2.45) is 5.92 Å². The molecule has 1 saturated heterocycles. The average molecular weight is 354 g/mol. The Hall–Kier alpha value is -1.91. The summed E-state index contributed by atoms with van der Waals surface area (Å²) < 4.78 is 2.43. The van der Waals surface area contributed by atoms with E-state index in [1.54, 1.807) is 0 Å². The SMILES string of the molecule is CCc1c(C)nc(C)nc1N1CCC[C@@H](c2nccn2CC2CCC2)C1. The molecule has 0 spiro atoms. The number of piperidine rings is 1. The van der Waals surface area contributed by atoms with Crippen LogP contribution in [0.5, 0.6) is 0 Å². The van der Waals surface area contributed by atoms with E-state index in [-0.39, 0.29) is 0 Å². The number of nitrogens with zero attached hydrogens (tertiary/aromatic N) is 5. The van der Waals surface area contributed by atoms with Gasteiger partial charge in [0.2, 0.25) is 0 Å². The van der Waals surface area contributed by atoms with Crippen LogP contribution < -0.4 is 4.90 Å². The van der Waals surface area contributed by atoms with Gasteiger partial charge in [-0.3, -0.25) is 0 Å². The molecule has 0 aromatic carbocycles. The maximum absolute atomic E-state index is 4.83. The molecule has 2 aromatic heterocycles. The lowest BCUT2D eigenvalue weighted by Crippen LogP contribution is -2.37. The van der Waals surface area contributed by atoms with Gasteiger partial charge in [-0.25, -0.2) is 15.0 Å². The molecule has 26 heavy (non-hydrogen) atoms. The Morgan fingerprint density at radius 2 is 1.96 bits per heavy atom. The van der Waals surface area contributed by atoms with E-state index in [1.165, 1.54) is 43.5 Å². The first-order chi connectivity index (χ1) is 12.7. The molecule has 0 N–H and O–H groups in total. The number of aryl methyl sites for hydroxylation is 2. The van der Waals surface area contributed by atoms with Gasteiger partial charge in [-0.1, -0.05) is 13.3 Å². The van der Waals surface area contributed by atoms with Crippen molar-refractivity contribution in [3.8, 4) is 0 Å². The van der Waals surface area contributed by atoms with Crippen LogP contribution >= 0.6 is 0 Å². The number of rotatable bonds is 5. The lowest BCUT2D eigenvalue weighted by atomic mass is 9.85. The topological polar surface area (TPSA) is 46.8 Å². The van der Waals surface area contributed by atoms with Crippen molar-refractivity contribution in [1.29, 1.82) is 0 Å². The maximum atomic E-state index is 4.83. The zero-order valence-electron chi connectivity index (χ0n) is 16.4. The highest BCUT2D eigenvalue weighted by Gasteiger charge is 2.28. The Morgan fingerprint density at radius 3 is 2.69 bits per heavy atom. The van der Waals surface area contributed by atoms with Crippen LogP contribution in [0.2, 0.25) is 0 Å². The van der Waals surface area contributed by atoms with Crippen molar-refractivity contribution >= 4 is 5.82 Å². The highest BCUT2D eigenvalue weighted by molar-refractivity contribution is 5.50. The molecular weight excluding hydrogens is 322 g/mol. The lowest BCUT2D eigenvalue weighted by Gasteiger charge is -2.35. The third-order valence-corrected chi connectivity index (χ3v) is 6.17. The molecule has 1 aliphatic heterocycles. The molecule has 1 aliphatic carbocycles. The summed E-state index contributed by atoms with van der Waals surface area (Å²) in [7, 11) is 0. The predicted molar refractivity (Wildman–Crippen MR) is 105 cm³/mol. The fourth-order valence-electron chi connectivity index (χ4n) is 4.56. The summed E-state index contributed by atoms with van der Waals surface area (Å²) in [5, 5.41) is 0. The zero-order valence-corrected chi connectivity index (χ0v) is 16.4. The van der Waals surface area contributed by atoms with Crippen LogP contribution in [0.1, 0.15) is 67.9 Å². The van der Waals surface area contributed by atoms with E-state index in [9.17, 15) is 0 Å². The normalized spacial score (nSPS) is 21.0. The number of hydrogen-bond acceptors (Lipinski definition) is 4. The lowest BCUT2D eigenvalue weighted by molar-refractivity contribution is 0.270. The van der Waals surface area contributed by atoms with Gasteiger partial charge in [0, 0.05) is 49.2 Å². The minimum atomic E-state index is 0.499. The Balaban J connectivity index is 1.56. The first-order valence-electron chi connectivity index (χ1n) is 10.3. The standard InChI is InChI=1S/C21H31N5/c1-4-19-15(2)23-16(3)24-21(19)25-11-6-9-18(14-25)20-22-10-12-26(20)13-17-7-5-8-17/h10,12,17-18H,4-9,11,13-14H2,1-3H3/t18-/m1/s1. The molecule has 2 fully saturated rings. The van der Waals surface area contributed by atoms with Crippen molar-refractivity contribution in [2.75, 3.05) is 18.0 Å². The largest absolute Gasteiger partial charge is 0.356 e. The molecule has 0 unspecified atom stereocenters. The molecule has 140 valence electrons. The third kappa shape index (κ3) is 3.36. The highest BCUT2D eigenvalue weighted by atomic mass is 15.2. The van der Waals surface area contributed by atoms with Crippen molar-refractivity contribution in [3.63, 3.8) is 0 Å². The third-order valence-electron chi connectivity index (χ3n) is 6.17. The van der Waals surface area contributed by atoms with E-state index in [2.05, 4.69) is 34.5 Å². The minimum Gasteiger partial charge on any atom is -0.356 e. The predicted octanol–water partition coefficient (Wildman–Crippen LogP) is 4.04. The van der Waals surface area contributed by atoms with Gasteiger partial charge in [-0.2, -0.15) is 0 Å². The fraction of sp³-hybridized carbons (Fsp3) is 0.667. The van der Waals surface area contributed by atoms with E-state index in [4.69, 9.17) is 9.97 Å². The smallest absolute Gasteiger partial charge is 0.135 e. The summed E-state index contributed by atoms with van der Waals surface area (Å²) in [4.78, 5) is 16.6. The van der Waals surface area contributed by atoms with Crippen molar-refractivity contribution < 1.29 is 0 Å². The molecule has 0 radical (unpaired) electrons. The number of hydrogen-bond donors (Lipinski definition) is 0. The van der Waals surface area contributed by atoms with E-state index < -0.39 is 0 Å². The quantitative estimate of drug-likeness (QED) is 0.814. The molecule has 2 aromatic rings. The molecule has 5 nitrogen and oxygen atoms in total. The summed E-state index contributed by atoms with van der Waals surface area (Å²) in [5.74, 6) is 4.67. The van der Waals surface area contributed by atoms with Crippen LogP contribution in [0, 0.1) is 19.8 Å². The van der Waals surface area contributed by atoms with E-state index in [1.807, 2.05) is 13.1 Å². The van der Waals surface area contributed by atoms with Crippen molar-refractivity contribution in [1.82, 2.24) is 19.5 Å². The van der Waals surface area contributed by atoms with Gasteiger partial charge in [-0.15, -0.1) is 0 Å². The average Bonchev–Trinajstić information content (AvgIpc) is 3.06. The molecule has 4 rings (SSSR count). The van der Waals surface area contributed by atoms with Crippen LogP contribution in [0.3, 0.4) is 0 Å². The van der Waals surface area contributed by atoms with Crippen molar-refractivity contribution in [2.45, 2.75) is 71.8 Å². The molecule has 0 bridgehead atoms. The second-order valence-corrected chi connectivity index (χ2v) is 8.03. The second-order valence-electron chi connectivity index (χ2n) is 8.03. The molecule has 0 amide bonds. The summed E-state index contributed by atoms with van der Waals surface area (Å²) in [5.41, 5.74) is 2.43. The molecule has 1 saturated carbocycles. The van der Waals surface area contributed by atoms with Crippen LogP contribution in [0.4, 0.5) is 5.82 Å². The van der Waals surface area contributed by atoms with Crippen molar-refractivity contribution in [3.05, 3.63) is 35.3 Å². The van der Waals surface area contributed by atoms with Crippen LogP contribution in [0.25, 0.3) is 0 Å². The van der Waals surface area contributed by atoms with Crippen LogP contribution in [-0.4, -0.2) is 32.6 Å².